The maximum absolute atomic E-state index is 6.24. The number of furan rings is 1. The number of hydrogen-bond acceptors (Lipinski definition) is 5. The van der Waals surface area contributed by atoms with Crippen molar-refractivity contribution in [2.75, 3.05) is 12.4 Å². The highest BCUT2D eigenvalue weighted by molar-refractivity contribution is 6.35. The van der Waals surface area contributed by atoms with Crippen molar-refractivity contribution in [1.29, 1.82) is 0 Å². The fourth-order valence-electron chi connectivity index (χ4n) is 1.89. The molecule has 0 saturated carbocycles. The zero-order chi connectivity index (χ0) is 13.6. The summed E-state index contributed by atoms with van der Waals surface area (Å²) in [5.74, 6) is 3.17. The van der Waals surface area contributed by atoms with Gasteiger partial charge >= 0.3 is 0 Å². The van der Waals surface area contributed by atoms with Crippen LogP contribution < -0.4 is 5.32 Å². The predicted octanol–water partition coefficient (Wildman–Crippen LogP) is 2.70. The maximum atomic E-state index is 6.24. The van der Waals surface area contributed by atoms with E-state index in [0.717, 1.165) is 5.76 Å². The number of nitrogens with zero attached hydrogens (tertiary/aromatic N) is 4. The summed E-state index contributed by atoms with van der Waals surface area (Å²) in [6, 6.07) is 3.72. The molecule has 0 radical (unpaired) electrons. The van der Waals surface area contributed by atoms with Crippen molar-refractivity contribution in [3.8, 4) is 11.6 Å². The van der Waals surface area contributed by atoms with Gasteiger partial charge in [-0.2, -0.15) is 4.52 Å². The van der Waals surface area contributed by atoms with Gasteiger partial charge in [0, 0.05) is 7.05 Å². The molecule has 0 aliphatic carbocycles. The fourth-order valence-corrected chi connectivity index (χ4v) is 2.15. The Morgan fingerprint density at radius 1 is 1.26 bits per heavy atom. The number of fused-ring (bicyclic) bond motifs is 1. The van der Waals surface area contributed by atoms with Gasteiger partial charge in [0.2, 0.25) is 5.82 Å². The van der Waals surface area contributed by atoms with Crippen molar-refractivity contribution in [3.63, 3.8) is 0 Å². The van der Waals surface area contributed by atoms with E-state index in [4.69, 9.17) is 16.0 Å². The van der Waals surface area contributed by atoms with Crippen LogP contribution in [0.25, 0.3) is 17.2 Å². The minimum Gasteiger partial charge on any atom is -0.458 e. The van der Waals surface area contributed by atoms with Crippen LogP contribution in [0.3, 0.4) is 0 Å². The lowest BCUT2D eigenvalue weighted by Crippen LogP contribution is -2.03. The van der Waals surface area contributed by atoms with Gasteiger partial charge in [-0.15, -0.1) is 5.10 Å². The average Bonchev–Trinajstić information content (AvgIpc) is 2.96. The summed E-state index contributed by atoms with van der Waals surface area (Å²) in [6.07, 6.45) is 0. The molecular formula is C12H12ClN5O. The summed E-state index contributed by atoms with van der Waals surface area (Å²) in [6.45, 7) is 3.68. The van der Waals surface area contributed by atoms with Gasteiger partial charge in [0.25, 0.3) is 0 Å². The van der Waals surface area contributed by atoms with Crippen LogP contribution in [0.15, 0.2) is 16.5 Å². The average molecular weight is 278 g/mol. The number of rotatable bonds is 2. The Morgan fingerprint density at radius 2 is 2.05 bits per heavy atom. The number of hydrogen-bond donors (Lipinski definition) is 1. The molecule has 0 bridgehead atoms. The molecule has 7 heteroatoms. The van der Waals surface area contributed by atoms with Crippen LogP contribution in [0.1, 0.15) is 11.6 Å². The van der Waals surface area contributed by atoms with Gasteiger partial charge < -0.3 is 9.73 Å². The molecule has 0 amide bonds. The van der Waals surface area contributed by atoms with Gasteiger partial charge in [-0.25, -0.2) is 9.97 Å². The first-order valence-electron chi connectivity index (χ1n) is 5.77. The van der Waals surface area contributed by atoms with E-state index in [1.807, 2.05) is 19.1 Å². The van der Waals surface area contributed by atoms with Gasteiger partial charge in [0.1, 0.15) is 16.6 Å². The van der Waals surface area contributed by atoms with Crippen molar-refractivity contribution in [3.05, 3.63) is 28.7 Å². The summed E-state index contributed by atoms with van der Waals surface area (Å²) in [4.78, 5) is 8.75. The van der Waals surface area contributed by atoms with Crippen LogP contribution in [0.2, 0.25) is 5.02 Å². The predicted molar refractivity (Wildman–Crippen MR) is 72.5 cm³/mol. The summed E-state index contributed by atoms with van der Waals surface area (Å²) < 4.78 is 7.20. The highest BCUT2D eigenvalue weighted by atomic mass is 35.5. The van der Waals surface area contributed by atoms with Crippen molar-refractivity contribution in [1.82, 2.24) is 19.6 Å². The van der Waals surface area contributed by atoms with Gasteiger partial charge in [-0.3, -0.25) is 0 Å². The van der Waals surface area contributed by atoms with Crippen molar-refractivity contribution in [2.45, 2.75) is 13.8 Å². The Balaban J connectivity index is 2.37. The van der Waals surface area contributed by atoms with Gasteiger partial charge in [0.15, 0.2) is 17.2 Å². The van der Waals surface area contributed by atoms with Crippen LogP contribution in [0, 0.1) is 13.8 Å². The summed E-state index contributed by atoms with van der Waals surface area (Å²) in [7, 11) is 1.76. The number of aromatic nitrogens is 4. The van der Waals surface area contributed by atoms with Crippen LogP contribution in [0.5, 0.6) is 0 Å². The number of anilines is 1. The zero-order valence-corrected chi connectivity index (χ0v) is 11.5. The van der Waals surface area contributed by atoms with Gasteiger partial charge in [0.05, 0.1) is 0 Å². The molecule has 0 aliphatic heterocycles. The molecule has 3 heterocycles. The van der Waals surface area contributed by atoms with E-state index in [1.165, 1.54) is 0 Å². The third-order valence-electron chi connectivity index (χ3n) is 2.73. The quantitative estimate of drug-likeness (QED) is 0.780. The third kappa shape index (κ3) is 1.84. The second kappa shape index (κ2) is 4.24. The second-order valence-electron chi connectivity index (χ2n) is 4.15. The third-order valence-corrected chi connectivity index (χ3v) is 3.08. The van der Waals surface area contributed by atoms with Crippen LogP contribution in [-0.4, -0.2) is 26.6 Å². The molecule has 3 aromatic heterocycles. The molecule has 0 aliphatic rings. The molecule has 0 unspecified atom stereocenters. The molecule has 0 spiro atoms. The van der Waals surface area contributed by atoms with Crippen LogP contribution in [-0.2, 0) is 0 Å². The Kier molecular flexibility index (Phi) is 2.67. The molecular weight excluding hydrogens is 266 g/mol. The summed E-state index contributed by atoms with van der Waals surface area (Å²) in [5.41, 5.74) is 0.558. The fraction of sp³-hybridized carbons (Fsp3) is 0.250. The van der Waals surface area contributed by atoms with E-state index in [1.54, 1.807) is 18.5 Å². The molecule has 98 valence electrons. The number of nitrogens with one attached hydrogen (secondary N) is 1. The molecule has 19 heavy (non-hydrogen) atoms. The first-order valence-corrected chi connectivity index (χ1v) is 6.15. The molecule has 0 aromatic carbocycles. The monoisotopic (exact) mass is 277 g/mol. The van der Waals surface area contributed by atoms with E-state index >= 15 is 0 Å². The number of aryl methyl sites for hydroxylation is 2. The second-order valence-corrected chi connectivity index (χ2v) is 4.53. The Hall–Kier alpha value is -2.08. The summed E-state index contributed by atoms with van der Waals surface area (Å²) in [5, 5.41) is 7.69. The molecule has 6 nitrogen and oxygen atoms in total. The maximum Gasteiger partial charge on any atom is 0.201 e. The van der Waals surface area contributed by atoms with Gasteiger partial charge in [-0.05, 0) is 26.0 Å². The van der Waals surface area contributed by atoms with Crippen molar-refractivity contribution in [2.24, 2.45) is 0 Å². The Bertz CT molecular complexity index is 761. The van der Waals surface area contributed by atoms with Crippen molar-refractivity contribution >= 4 is 23.1 Å². The highest BCUT2D eigenvalue weighted by Gasteiger charge is 2.18. The Labute approximate surface area is 114 Å². The van der Waals surface area contributed by atoms with Crippen LogP contribution >= 0.6 is 11.6 Å². The lowest BCUT2D eigenvalue weighted by atomic mass is 10.4. The van der Waals surface area contributed by atoms with E-state index in [-0.39, 0.29) is 0 Å². The lowest BCUT2D eigenvalue weighted by Gasteiger charge is -2.06. The first-order chi connectivity index (χ1) is 9.10. The molecule has 1 N–H and O–H groups in total. The zero-order valence-electron chi connectivity index (χ0n) is 10.7. The lowest BCUT2D eigenvalue weighted by molar-refractivity contribution is 0.541. The largest absolute Gasteiger partial charge is 0.458 e. The molecule has 0 atom stereocenters. The molecule has 3 rings (SSSR count). The minimum absolute atomic E-state index is 0.440. The van der Waals surface area contributed by atoms with E-state index < -0.39 is 0 Å². The number of halogens is 1. The van der Waals surface area contributed by atoms with Gasteiger partial charge in [-0.1, -0.05) is 11.6 Å². The molecule has 3 aromatic rings. The van der Waals surface area contributed by atoms with Crippen LogP contribution in [0.4, 0.5) is 5.82 Å². The molecule has 0 saturated heterocycles. The standard InChI is InChI=1S/C12H12ClN5O/c1-6-4-5-8(19-6)11-16-10(14-3)9(13)12-15-7(2)17-18(11)12/h4-5,14H,1-3H3. The van der Waals surface area contributed by atoms with Crippen molar-refractivity contribution < 1.29 is 4.42 Å². The summed E-state index contributed by atoms with van der Waals surface area (Å²) >= 11 is 6.24. The molecule has 0 fully saturated rings. The Morgan fingerprint density at radius 3 is 2.68 bits per heavy atom. The van der Waals surface area contributed by atoms with E-state index in [2.05, 4.69) is 20.4 Å². The highest BCUT2D eigenvalue weighted by Crippen LogP contribution is 2.29. The topological polar surface area (TPSA) is 68.2 Å². The smallest absolute Gasteiger partial charge is 0.201 e. The first kappa shape index (κ1) is 12.0. The SMILES string of the molecule is CNc1nc(-c2ccc(C)o2)n2nc(C)nc2c1Cl. The normalized spacial score (nSPS) is 11.2. The van der Waals surface area contributed by atoms with E-state index in [0.29, 0.717) is 33.9 Å². The minimum atomic E-state index is 0.440. The van der Waals surface area contributed by atoms with E-state index in [9.17, 15) is 0 Å².